The summed E-state index contributed by atoms with van der Waals surface area (Å²) in [6.07, 6.45) is 0. The van der Waals surface area contributed by atoms with Crippen molar-refractivity contribution in [3.63, 3.8) is 0 Å². The highest BCUT2D eigenvalue weighted by molar-refractivity contribution is 6.28. The summed E-state index contributed by atoms with van der Waals surface area (Å²) in [6.45, 7) is 4.70. The molecule has 0 radical (unpaired) electrons. The molecule has 0 spiro atoms. The number of hydrogen-bond acceptors (Lipinski definition) is 0. The lowest BCUT2D eigenvalue weighted by molar-refractivity contribution is 0.660. The van der Waals surface area contributed by atoms with Crippen LogP contribution in [0.4, 0.5) is 0 Å². The van der Waals surface area contributed by atoms with Crippen molar-refractivity contribution in [2.75, 3.05) is 0 Å². The third-order valence-corrected chi connectivity index (χ3v) is 9.57. The van der Waals surface area contributed by atoms with E-state index in [1.54, 1.807) is 0 Å². The Morgan fingerprint density at radius 1 is 0.452 bits per heavy atom. The average molecular weight is 536 g/mol. The van der Waals surface area contributed by atoms with Crippen LogP contribution in [-0.2, 0) is 5.41 Å². The van der Waals surface area contributed by atoms with E-state index >= 15 is 0 Å². The van der Waals surface area contributed by atoms with Gasteiger partial charge in [-0.05, 0) is 85.3 Å². The van der Waals surface area contributed by atoms with E-state index in [1.807, 2.05) is 0 Å². The summed E-state index contributed by atoms with van der Waals surface area (Å²) in [7, 11) is 0. The van der Waals surface area contributed by atoms with Gasteiger partial charge in [0.25, 0.3) is 0 Å². The molecule has 1 aliphatic carbocycles. The molecule has 0 N–H and O–H groups in total. The molecule has 0 unspecified atom stereocenters. The van der Waals surface area contributed by atoms with Crippen LogP contribution in [0.15, 0.2) is 140 Å². The summed E-state index contributed by atoms with van der Waals surface area (Å²) in [4.78, 5) is 0. The fourth-order valence-corrected chi connectivity index (χ4v) is 7.53. The van der Waals surface area contributed by atoms with E-state index in [4.69, 9.17) is 0 Å². The van der Waals surface area contributed by atoms with Gasteiger partial charge in [0.2, 0.25) is 0 Å². The zero-order chi connectivity index (χ0) is 28.0. The van der Waals surface area contributed by atoms with E-state index in [1.165, 1.54) is 82.4 Å². The minimum absolute atomic E-state index is 0.0194. The summed E-state index contributed by atoms with van der Waals surface area (Å²) in [5.41, 5.74) is 11.7. The summed E-state index contributed by atoms with van der Waals surface area (Å²) in [5, 5.41) is 7.78. The quantitative estimate of drug-likeness (QED) is 0.207. The summed E-state index contributed by atoms with van der Waals surface area (Å²) in [5.74, 6) is 0. The van der Waals surface area contributed by atoms with Gasteiger partial charge >= 0.3 is 0 Å². The molecule has 8 aromatic rings. The summed E-state index contributed by atoms with van der Waals surface area (Å²) < 4.78 is 2.46. The maximum absolute atomic E-state index is 2.46. The Labute approximate surface area is 245 Å². The van der Waals surface area contributed by atoms with Crippen LogP contribution in [0.5, 0.6) is 0 Å². The van der Waals surface area contributed by atoms with E-state index in [-0.39, 0.29) is 5.41 Å². The highest BCUT2D eigenvalue weighted by Crippen LogP contribution is 2.49. The number of aromatic nitrogens is 1. The maximum atomic E-state index is 2.46. The normalized spacial score (nSPS) is 13.7. The van der Waals surface area contributed by atoms with Crippen molar-refractivity contribution < 1.29 is 0 Å². The first kappa shape index (κ1) is 23.6. The predicted molar refractivity (Wildman–Crippen MR) is 179 cm³/mol. The molecule has 0 atom stereocenters. The Hall–Kier alpha value is -5.14. The molecule has 0 amide bonds. The van der Waals surface area contributed by atoms with Gasteiger partial charge in [-0.15, -0.1) is 0 Å². The Morgan fingerprint density at radius 3 is 1.76 bits per heavy atom. The topological polar surface area (TPSA) is 4.93 Å². The van der Waals surface area contributed by atoms with Gasteiger partial charge in [-0.2, -0.15) is 0 Å². The van der Waals surface area contributed by atoms with Crippen molar-refractivity contribution in [3.8, 4) is 27.9 Å². The fraction of sp³-hybridized carbons (Fsp3) is 0.0732. The lowest BCUT2D eigenvalue weighted by Gasteiger charge is -2.22. The van der Waals surface area contributed by atoms with E-state index in [0.717, 1.165) is 0 Å². The molecule has 1 heterocycles. The smallest absolute Gasteiger partial charge is 0.0547 e. The fourth-order valence-electron chi connectivity index (χ4n) is 7.53. The molecule has 0 saturated carbocycles. The first-order chi connectivity index (χ1) is 20.6. The molecule has 1 nitrogen and oxygen atoms in total. The molecular formula is C41H29N. The zero-order valence-electron chi connectivity index (χ0n) is 23.7. The van der Waals surface area contributed by atoms with Gasteiger partial charge in [-0.25, -0.2) is 0 Å². The number of benzene rings is 7. The molecule has 42 heavy (non-hydrogen) atoms. The first-order valence-corrected chi connectivity index (χ1v) is 14.8. The molecule has 1 aliphatic rings. The van der Waals surface area contributed by atoms with Crippen LogP contribution >= 0.6 is 0 Å². The van der Waals surface area contributed by atoms with Crippen LogP contribution in [0.3, 0.4) is 0 Å². The third-order valence-electron chi connectivity index (χ3n) is 9.57. The largest absolute Gasteiger partial charge is 0.309 e. The average Bonchev–Trinajstić information content (AvgIpc) is 3.51. The van der Waals surface area contributed by atoms with E-state index < -0.39 is 0 Å². The number of fused-ring (bicyclic) bond motifs is 10. The Bertz CT molecular complexity index is 2290. The van der Waals surface area contributed by atoms with Crippen LogP contribution in [0.25, 0.3) is 71.3 Å². The minimum atomic E-state index is -0.0194. The second kappa shape index (κ2) is 8.44. The lowest BCUT2D eigenvalue weighted by Crippen LogP contribution is -2.14. The van der Waals surface area contributed by atoms with Gasteiger partial charge in [0, 0.05) is 21.9 Å². The van der Waals surface area contributed by atoms with Crippen LogP contribution in [0, 0.1) is 0 Å². The number of hydrogen-bond donors (Lipinski definition) is 0. The minimum Gasteiger partial charge on any atom is -0.309 e. The second-order valence-electron chi connectivity index (χ2n) is 12.2. The van der Waals surface area contributed by atoms with Crippen LogP contribution in [0.2, 0.25) is 0 Å². The van der Waals surface area contributed by atoms with Gasteiger partial charge < -0.3 is 4.57 Å². The Kier molecular flexibility index (Phi) is 4.73. The molecule has 0 aliphatic heterocycles. The van der Waals surface area contributed by atoms with E-state index in [9.17, 15) is 0 Å². The van der Waals surface area contributed by atoms with Crippen LogP contribution in [0.1, 0.15) is 25.0 Å². The molecule has 0 saturated heterocycles. The monoisotopic (exact) mass is 535 g/mol. The van der Waals surface area contributed by atoms with Crippen molar-refractivity contribution in [1.82, 2.24) is 4.57 Å². The SMILES string of the molecule is CC1(C)c2ccccc2-c2ccc(-c3cccc(-n4c5ccc6ccccc6c5c5c6ccccc6ccc54)c3)cc21. The molecule has 0 bridgehead atoms. The Morgan fingerprint density at radius 2 is 1.05 bits per heavy atom. The van der Waals surface area contributed by atoms with Crippen molar-refractivity contribution in [1.29, 1.82) is 0 Å². The molecule has 0 fully saturated rings. The van der Waals surface area contributed by atoms with Gasteiger partial charge in [0.05, 0.1) is 11.0 Å². The maximum Gasteiger partial charge on any atom is 0.0547 e. The van der Waals surface area contributed by atoms with Crippen LogP contribution in [-0.4, -0.2) is 4.57 Å². The van der Waals surface area contributed by atoms with Gasteiger partial charge in [0.1, 0.15) is 0 Å². The van der Waals surface area contributed by atoms with Crippen molar-refractivity contribution in [2.24, 2.45) is 0 Å². The second-order valence-corrected chi connectivity index (χ2v) is 12.2. The molecule has 7 aromatic carbocycles. The molecule has 1 heteroatoms. The van der Waals surface area contributed by atoms with Crippen molar-refractivity contribution in [2.45, 2.75) is 19.3 Å². The predicted octanol–water partition coefficient (Wildman–Crippen LogP) is 11.1. The van der Waals surface area contributed by atoms with Crippen molar-refractivity contribution in [3.05, 3.63) is 151 Å². The third kappa shape index (κ3) is 3.14. The molecular weight excluding hydrogens is 506 g/mol. The molecule has 1 aromatic heterocycles. The van der Waals surface area contributed by atoms with Crippen LogP contribution < -0.4 is 0 Å². The van der Waals surface area contributed by atoms with Gasteiger partial charge in [-0.3, -0.25) is 0 Å². The van der Waals surface area contributed by atoms with Crippen molar-refractivity contribution >= 4 is 43.4 Å². The number of rotatable bonds is 2. The van der Waals surface area contributed by atoms with Gasteiger partial charge in [0.15, 0.2) is 0 Å². The summed E-state index contributed by atoms with van der Waals surface area (Å²) >= 11 is 0. The van der Waals surface area contributed by atoms with E-state index in [2.05, 4.69) is 158 Å². The number of nitrogens with zero attached hydrogens (tertiary/aromatic N) is 1. The molecule has 9 rings (SSSR count). The highest BCUT2D eigenvalue weighted by atomic mass is 15.0. The first-order valence-electron chi connectivity index (χ1n) is 14.8. The summed E-state index contributed by atoms with van der Waals surface area (Å²) in [6, 6.07) is 51.6. The zero-order valence-corrected chi connectivity index (χ0v) is 23.7. The Balaban J connectivity index is 1.30. The lowest BCUT2D eigenvalue weighted by atomic mass is 9.81. The highest BCUT2D eigenvalue weighted by Gasteiger charge is 2.35. The van der Waals surface area contributed by atoms with E-state index in [0.29, 0.717) is 0 Å². The van der Waals surface area contributed by atoms with Gasteiger partial charge in [-0.1, -0.05) is 123 Å². The molecule has 198 valence electrons. The standard InChI is InChI=1S/C41H29N/c1-41(2)35-17-8-7-16-33(35)34-21-18-29(25-36(34)41)28-12-9-13-30(24-28)42-37-22-19-26-10-3-5-14-31(26)39(37)40-32-15-6-4-11-27(32)20-23-38(40)42/h3-25H,1-2H3.